The Morgan fingerprint density at radius 1 is 1.22 bits per heavy atom. The van der Waals surface area contributed by atoms with Crippen molar-refractivity contribution < 1.29 is 4.57 Å². The number of halogens is 1. The van der Waals surface area contributed by atoms with Crippen molar-refractivity contribution in [3.05, 3.63) is 30.1 Å². The molecular formula is C16H21IN+. The van der Waals surface area contributed by atoms with Gasteiger partial charge in [0.2, 0.25) is 0 Å². The molecule has 0 aromatic carbocycles. The lowest BCUT2D eigenvalue weighted by molar-refractivity contribution is -0.776. The molecule has 4 saturated carbocycles. The molecule has 2 heteroatoms. The summed E-state index contributed by atoms with van der Waals surface area (Å²) in [6.45, 7) is 2.22. The molecule has 4 fully saturated rings. The topological polar surface area (TPSA) is 3.88 Å². The van der Waals surface area contributed by atoms with Crippen molar-refractivity contribution in [1.29, 1.82) is 0 Å². The summed E-state index contributed by atoms with van der Waals surface area (Å²) >= 11 is 2.80. The molecule has 0 N–H and O–H groups in total. The van der Waals surface area contributed by atoms with Crippen molar-refractivity contribution in [2.24, 2.45) is 11.8 Å². The second kappa shape index (κ2) is 3.71. The van der Waals surface area contributed by atoms with Crippen LogP contribution >= 0.6 is 22.6 Å². The fraction of sp³-hybridized carbons (Fsp3) is 0.688. The monoisotopic (exact) mass is 354 g/mol. The minimum Gasteiger partial charge on any atom is -0.200 e. The maximum absolute atomic E-state index is 2.80. The van der Waals surface area contributed by atoms with Crippen LogP contribution in [0.5, 0.6) is 0 Å². The van der Waals surface area contributed by atoms with Crippen LogP contribution in [-0.2, 0) is 5.54 Å². The van der Waals surface area contributed by atoms with Crippen molar-refractivity contribution in [3.8, 4) is 0 Å². The van der Waals surface area contributed by atoms with E-state index in [9.17, 15) is 0 Å². The van der Waals surface area contributed by atoms with E-state index in [0.717, 1.165) is 11.8 Å². The van der Waals surface area contributed by atoms with Crippen LogP contribution < -0.4 is 4.57 Å². The minimum atomic E-state index is 0.456. The Bertz CT molecular complexity index is 482. The second-order valence-electron chi connectivity index (χ2n) is 7.12. The van der Waals surface area contributed by atoms with E-state index in [1.54, 1.807) is 0 Å². The Balaban J connectivity index is 1.80. The van der Waals surface area contributed by atoms with E-state index in [0.29, 0.717) is 8.96 Å². The molecule has 4 aliphatic rings. The fourth-order valence-electron chi connectivity index (χ4n) is 5.29. The highest BCUT2D eigenvalue weighted by molar-refractivity contribution is 14.1. The van der Waals surface area contributed by atoms with Gasteiger partial charge < -0.3 is 0 Å². The highest BCUT2D eigenvalue weighted by Gasteiger charge is 2.61. The fourth-order valence-corrected chi connectivity index (χ4v) is 7.25. The molecule has 1 nitrogen and oxygen atoms in total. The molecule has 0 aliphatic heterocycles. The van der Waals surface area contributed by atoms with E-state index < -0.39 is 0 Å². The Kier molecular flexibility index (Phi) is 2.41. The summed E-state index contributed by atoms with van der Waals surface area (Å²) in [6, 6.07) is 4.45. The van der Waals surface area contributed by atoms with Crippen molar-refractivity contribution in [1.82, 2.24) is 0 Å². The maximum atomic E-state index is 2.80. The van der Waals surface area contributed by atoms with Crippen LogP contribution in [0.25, 0.3) is 0 Å². The first-order chi connectivity index (χ1) is 8.57. The zero-order valence-corrected chi connectivity index (χ0v) is 13.2. The van der Waals surface area contributed by atoms with Gasteiger partial charge in [0.1, 0.15) is 0 Å². The average molecular weight is 354 g/mol. The molecular weight excluding hydrogens is 333 g/mol. The summed E-state index contributed by atoms with van der Waals surface area (Å²) in [5.41, 5.74) is 1.85. The van der Waals surface area contributed by atoms with E-state index in [2.05, 4.69) is 58.6 Å². The number of nitrogens with zero attached hydrogens (tertiary/aromatic N) is 1. The predicted molar refractivity (Wildman–Crippen MR) is 80.8 cm³/mol. The summed E-state index contributed by atoms with van der Waals surface area (Å²) in [5, 5.41) is 0. The zero-order chi connectivity index (χ0) is 12.4. The number of hydrogen-bond donors (Lipinski definition) is 0. The second-order valence-corrected chi connectivity index (χ2v) is 9.41. The Labute approximate surface area is 123 Å². The third kappa shape index (κ3) is 1.67. The molecule has 0 spiro atoms. The lowest BCUT2D eigenvalue weighted by atomic mass is 9.53. The molecule has 0 radical (unpaired) electrons. The minimum absolute atomic E-state index is 0.456. The molecule has 1 aromatic rings. The van der Waals surface area contributed by atoms with E-state index in [-0.39, 0.29) is 0 Å². The van der Waals surface area contributed by atoms with E-state index in [1.807, 2.05) is 0 Å². The Morgan fingerprint density at radius 2 is 1.94 bits per heavy atom. The van der Waals surface area contributed by atoms with Crippen molar-refractivity contribution in [3.63, 3.8) is 0 Å². The molecule has 0 amide bonds. The van der Waals surface area contributed by atoms with Gasteiger partial charge in [-0.1, -0.05) is 22.6 Å². The third-order valence-electron chi connectivity index (χ3n) is 5.46. The summed E-state index contributed by atoms with van der Waals surface area (Å²) in [5.74, 6) is 1.99. The Morgan fingerprint density at radius 3 is 2.56 bits per heavy atom. The Hall–Kier alpha value is -0.120. The van der Waals surface area contributed by atoms with Crippen LogP contribution in [0, 0.1) is 18.8 Å². The molecule has 4 bridgehead atoms. The predicted octanol–water partition coefficient (Wildman–Crippen LogP) is 3.77. The summed E-state index contributed by atoms with van der Waals surface area (Å²) < 4.78 is 3.19. The first-order valence-corrected chi connectivity index (χ1v) is 8.32. The van der Waals surface area contributed by atoms with Gasteiger partial charge in [-0.3, -0.25) is 0 Å². The maximum Gasteiger partial charge on any atom is 0.172 e. The summed E-state index contributed by atoms with van der Waals surface area (Å²) in [7, 11) is 0. The van der Waals surface area contributed by atoms with E-state index in [4.69, 9.17) is 0 Å². The van der Waals surface area contributed by atoms with Gasteiger partial charge in [0.15, 0.2) is 17.9 Å². The van der Waals surface area contributed by atoms with Crippen molar-refractivity contribution >= 4 is 22.6 Å². The summed E-state index contributed by atoms with van der Waals surface area (Å²) in [6.07, 6.45) is 13.5. The normalized spacial score (nSPS) is 45.4. The first kappa shape index (κ1) is 11.7. The van der Waals surface area contributed by atoms with Crippen LogP contribution in [0.1, 0.15) is 44.1 Å². The van der Waals surface area contributed by atoms with Gasteiger partial charge >= 0.3 is 0 Å². The van der Waals surface area contributed by atoms with Gasteiger partial charge in [-0.2, -0.15) is 4.57 Å². The van der Waals surface area contributed by atoms with E-state index >= 15 is 0 Å². The molecule has 1 aromatic heterocycles. The first-order valence-electron chi connectivity index (χ1n) is 7.24. The molecule has 2 atom stereocenters. The highest BCUT2D eigenvalue weighted by Crippen LogP contribution is 2.61. The number of aryl methyl sites for hydroxylation is 1. The van der Waals surface area contributed by atoms with Gasteiger partial charge in [-0.15, -0.1) is 0 Å². The van der Waals surface area contributed by atoms with Crippen LogP contribution in [0.4, 0.5) is 0 Å². The van der Waals surface area contributed by atoms with E-state index in [1.165, 1.54) is 44.1 Å². The number of pyridine rings is 1. The molecule has 4 aliphatic carbocycles. The number of rotatable bonds is 1. The molecule has 2 unspecified atom stereocenters. The summed E-state index contributed by atoms with van der Waals surface area (Å²) in [4.78, 5) is 0. The standard InChI is InChI=1S/C16H21IN/c1-12-3-2-4-18(10-12)16-8-13-5-14(9-16)7-15(17,6-13)11-16/h2-4,10,13-14H,5-9,11H2,1H3/q+1. The highest BCUT2D eigenvalue weighted by atomic mass is 127. The lowest BCUT2D eigenvalue weighted by Crippen LogP contribution is -2.67. The molecule has 1 heterocycles. The third-order valence-corrected chi connectivity index (χ3v) is 6.72. The van der Waals surface area contributed by atoms with Gasteiger partial charge in [0, 0.05) is 34.3 Å². The number of hydrogen-bond acceptors (Lipinski definition) is 0. The number of aromatic nitrogens is 1. The molecule has 96 valence electrons. The largest absolute Gasteiger partial charge is 0.200 e. The number of alkyl halides is 1. The van der Waals surface area contributed by atoms with Crippen molar-refractivity contribution in [2.45, 2.75) is 54.4 Å². The van der Waals surface area contributed by atoms with Crippen LogP contribution in [0.2, 0.25) is 0 Å². The molecule has 5 rings (SSSR count). The zero-order valence-electron chi connectivity index (χ0n) is 11.0. The SMILES string of the molecule is Cc1ccc[n+](C23CC4CC(CC(I)(C4)C2)C3)c1. The van der Waals surface area contributed by atoms with Crippen LogP contribution in [0.15, 0.2) is 24.5 Å². The smallest absolute Gasteiger partial charge is 0.172 e. The van der Waals surface area contributed by atoms with Crippen LogP contribution in [-0.4, -0.2) is 3.42 Å². The quantitative estimate of drug-likeness (QED) is 0.411. The molecule has 0 saturated heterocycles. The van der Waals surface area contributed by atoms with Gasteiger partial charge in [-0.05, 0) is 44.1 Å². The van der Waals surface area contributed by atoms with Crippen molar-refractivity contribution in [2.75, 3.05) is 0 Å². The van der Waals surface area contributed by atoms with Crippen LogP contribution in [0.3, 0.4) is 0 Å². The van der Waals surface area contributed by atoms with Gasteiger partial charge in [-0.25, -0.2) is 0 Å². The van der Waals surface area contributed by atoms with Gasteiger partial charge in [0.25, 0.3) is 0 Å². The lowest BCUT2D eigenvalue weighted by Gasteiger charge is -2.57. The van der Waals surface area contributed by atoms with Gasteiger partial charge in [0.05, 0.1) is 0 Å². The average Bonchev–Trinajstić information content (AvgIpc) is 2.25. The molecule has 18 heavy (non-hydrogen) atoms.